The molecule has 8 nitrogen and oxygen atoms in total. The highest BCUT2D eigenvalue weighted by atomic mass is 35.5. The summed E-state index contributed by atoms with van der Waals surface area (Å²) in [6.45, 7) is 2.75. The Labute approximate surface area is 221 Å². The lowest BCUT2D eigenvalue weighted by Gasteiger charge is -2.17. The lowest BCUT2D eigenvalue weighted by Crippen LogP contribution is -2.43. The van der Waals surface area contributed by atoms with E-state index in [2.05, 4.69) is 16.4 Å². The fourth-order valence-corrected chi connectivity index (χ4v) is 4.53. The van der Waals surface area contributed by atoms with E-state index in [0.29, 0.717) is 10.8 Å². The van der Waals surface area contributed by atoms with Crippen LogP contribution in [0, 0.1) is 0 Å². The first-order valence-electron chi connectivity index (χ1n) is 11.3. The van der Waals surface area contributed by atoms with Gasteiger partial charge < -0.3 is 20.8 Å². The number of nitrogens with zero attached hydrogens (tertiary/aromatic N) is 1. The van der Waals surface area contributed by atoms with E-state index in [4.69, 9.17) is 21.8 Å². The molecule has 0 bridgehead atoms. The number of amides is 1. The van der Waals surface area contributed by atoms with Crippen LogP contribution < -0.4 is 10.6 Å². The number of hydrogen-bond acceptors (Lipinski definition) is 6. The lowest BCUT2D eigenvalue weighted by atomic mass is 9.98. The molecule has 0 spiro atoms. The number of fused-ring (bicyclic) bond motifs is 1. The van der Waals surface area contributed by atoms with E-state index < -0.39 is 30.1 Å². The summed E-state index contributed by atoms with van der Waals surface area (Å²) in [5.74, 6) is -2.33. The van der Waals surface area contributed by atoms with Crippen molar-refractivity contribution in [3.05, 3.63) is 57.7 Å². The molecule has 2 heterocycles. The molecule has 0 radical (unpaired) electrons. The van der Waals surface area contributed by atoms with Crippen LogP contribution in [-0.2, 0) is 28.2 Å². The Morgan fingerprint density at radius 3 is 2.32 bits per heavy atom. The SMILES string of the molecule is C[C@@H](NC(=O)c1ccc(SCc2c(Cl)ccc3c2CCNCC3)nc1)C(F)(F)F.O=C(O)CCC(=O)O. The van der Waals surface area contributed by atoms with Crippen LogP contribution >= 0.6 is 23.4 Å². The van der Waals surface area contributed by atoms with E-state index >= 15 is 0 Å². The molecule has 1 aromatic carbocycles. The Morgan fingerprint density at radius 2 is 1.76 bits per heavy atom. The van der Waals surface area contributed by atoms with Crippen LogP contribution in [0.15, 0.2) is 35.5 Å². The number of hydrogen-bond donors (Lipinski definition) is 4. The summed E-state index contributed by atoms with van der Waals surface area (Å²) in [5, 5.41) is 22.5. The van der Waals surface area contributed by atoms with Gasteiger partial charge >= 0.3 is 18.1 Å². The van der Waals surface area contributed by atoms with Crippen molar-refractivity contribution >= 4 is 41.2 Å². The van der Waals surface area contributed by atoms with Crippen LogP contribution in [0.2, 0.25) is 5.02 Å². The van der Waals surface area contributed by atoms with Crippen LogP contribution in [-0.4, -0.2) is 58.4 Å². The molecule has 37 heavy (non-hydrogen) atoms. The standard InChI is InChI=1S/C20H21ClF3N3OS.C4H6O4/c1-12(20(22,23)24)27-19(28)14-3-5-18(26-10-14)29-11-16-15-7-9-25-8-6-13(15)2-4-17(16)21;5-3(6)1-2-4(7)8/h2-5,10,12,25H,6-9,11H2,1H3,(H,27,28);1-2H2,(H,5,6)(H,7,8)/t12-;/m1./s1. The number of carboxylic acid groups (broad SMARTS) is 2. The van der Waals surface area contributed by atoms with E-state index in [9.17, 15) is 27.6 Å². The number of nitrogens with one attached hydrogen (secondary N) is 2. The van der Waals surface area contributed by atoms with Gasteiger partial charge in [0.05, 0.1) is 23.4 Å². The van der Waals surface area contributed by atoms with Crippen molar-refractivity contribution in [3.8, 4) is 0 Å². The van der Waals surface area contributed by atoms with Crippen molar-refractivity contribution in [2.45, 2.75) is 55.6 Å². The van der Waals surface area contributed by atoms with Crippen LogP contribution in [0.5, 0.6) is 0 Å². The smallest absolute Gasteiger partial charge is 0.408 e. The fourth-order valence-electron chi connectivity index (χ4n) is 3.30. The first-order chi connectivity index (χ1) is 17.4. The summed E-state index contributed by atoms with van der Waals surface area (Å²) >= 11 is 7.91. The van der Waals surface area contributed by atoms with Gasteiger partial charge in [0.25, 0.3) is 5.91 Å². The third kappa shape index (κ3) is 10.2. The van der Waals surface area contributed by atoms with Gasteiger partial charge in [0.15, 0.2) is 0 Å². The molecule has 3 rings (SSSR count). The van der Waals surface area contributed by atoms with Crippen LogP contribution in [0.4, 0.5) is 13.2 Å². The molecule has 0 saturated heterocycles. The van der Waals surface area contributed by atoms with Crippen molar-refractivity contribution in [1.82, 2.24) is 15.6 Å². The number of halogens is 4. The zero-order valence-corrected chi connectivity index (χ0v) is 21.5. The fraction of sp³-hybridized carbons (Fsp3) is 0.417. The molecule has 2 aromatic rings. The summed E-state index contributed by atoms with van der Waals surface area (Å²) in [6, 6.07) is 5.19. The van der Waals surface area contributed by atoms with Crippen LogP contribution in [0.1, 0.15) is 46.8 Å². The Bertz CT molecular complexity index is 1090. The number of alkyl halides is 3. The van der Waals surface area contributed by atoms with E-state index in [1.807, 2.05) is 11.4 Å². The topological polar surface area (TPSA) is 129 Å². The molecule has 4 N–H and O–H groups in total. The molecule has 202 valence electrons. The zero-order valence-electron chi connectivity index (χ0n) is 19.9. The molecule has 1 aromatic heterocycles. The first kappa shape index (κ1) is 30.4. The maximum atomic E-state index is 12.6. The monoisotopic (exact) mass is 561 g/mol. The number of benzene rings is 1. The summed E-state index contributed by atoms with van der Waals surface area (Å²) in [4.78, 5) is 35.4. The summed E-state index contributed by atoms with van der Waals surface area (Å²) in [7, 11) is 0. The number of aromatic nitrogens is 1. The Kier molecular flexibility index (Phi) is 11.7. The number of rotatable bonds is 8. The van der Waals surface area contributed by atoms with Crippen LogP contribution in [0.3, 0.4) is 0 Å². The largest absolute Gasteiger partial charge is 0.481 e. The molecule has 1 aliphatic heterocycles. The molecule has 0 unspecified atom stereocenters. The molecule has 1 amide bonds. The second kappa shape index (κ2) is 14.2. The van der Waals surface area contributed by atoms with Gasteiger partial charge in [-0.05, 0) is 67.7 Å². The Morgan fingerprint density at radius 1 is 1.11 bits per heavy atom. The van der Waals surface area contributed by atoms with Gasteiger partial charge in [0.1, 0.15) is 6.04 Å². The maximum absolute atomic E-state index is 12.6. The average molecular weight is 562 g/mol. The molecular weight excluding hydrogens is 535 g/mol. The minimum absolute atomic E-state index is 0.0862. The number of thioether (sulfide) groups is 1. The average Bonchev–Trinajstić information content (AvgIpc) is 3.08. The normalized spacial score (nSPS) is 13.9. The van der Waals surface area contributed by atoms with Gasteiger partial charge in [-0.25, -0.2) is 4.98 Å². The summed E-state index contributed by atoms with van der Waals surface area (Å²) in [5.41, 5.74) is 3.74. The molecular formula is C24H27ClF3N3O5S. The van der Waals surface area contributed by atoms with Gasteiger partial charge in [0.2, 0.25) is 0 Å². The predicted molar refractivity (Wildman–Crippen MR) is 133 cm³/mol. The zero-order chi connectivity index (χ0) is 27.6. The third-order valence-electron chi connectivity index (χ3n) is 5.35. The quantitative estimate of drug-likeness (QED) is 0.351. The number of pyridine rings is 1. The highest BCUT2D eigenvalue weighted by Gasteiger charge is 2.37. The van der Waals surface area contributed by atoms with Crippen molar-refractivity contribution < 1.29 is 37.8 Å². The van der Waals surface area contributed by atoms with E-state index in [-0.39, 0.29) is 18.4 Å². The van der Waals surface area contributed by atoms with E-state index in [1.54, 1.807) is 6.07 Å². The molecule has 0 saturated carbocycles. The Hall–Kier alpha value is -2.83. The van der Waals surface area contributed by atoms with Crippen molar-refractivity contribution in [3.63, 3.8) is 0 Å². The number of carboxylic acids is 2. The Balaban J connectivity index is 0.000000521. The molecule has 1 atom stereocenters. The number of aliphatic carboxylic acids is 2. The highest BCUT2D eigenvalue weighted by molar-refractivity contribution is 7.98. The molecule has 0 aliphatic carbocycles. The highest BCUT2D eigenvalue weighted by Crippen LogP contribution is 2.31. The molecule has 13 heteroatoms. The van der Waals surface area contributed by atoms with Gasteiger partial charge in [-0.1, -0.05) is 17.7 Å². The second-order valence-electron chi connectivity index (χ2n) is 8.11. The predicted octanol–water partition coefficient (Wildman–Crippen LogP) is 4.33. The minimum atomic E-state index is -4.48. The summed E-state index contributed by atoms with van der Waals surface area (Å²) < 4.78 is 37.7. The van der Waals surface area contributed by atoms with Crippen molar-refractivity contribution in [2.24, 2.45) is 0 Å². The van der Waals surface area contributed by atoms with Gasteiger partial charge in [-0.15, -0.1) is 11.8 Å². The van der Waals surface area contributed by atoms with Crippen molar-refractivity contribution in [2.75, 3.05) is 13.1 Å². The third-order valence-corrected chi connectivity index (χ3v) is 6.67. The maximum Gasteiger partial charge on any atom is 0.408 e. The van der Waals surface area contributed by atoms with Gasteiger partial charge in [0, 0.05) is 17.0 Å². The summed E-state index contributed by atoms with van der Waals surface area (Å²) in [6.07, 6.45) is -1.91. The molecule has 0 fully saturated rings. The second-order valence-corrected chi connectivity index (χ2v) is 9.51. The first-order valence-corrected chi connectivity index (χ1v) is 12.6. The number of carbonyl (C=O) groups excluding carboxylic acids is 1. The van der Waals surface area contributed by atoms with Gasteiger partial charge in [-0.3, -0.25) is 14.4 Å². The molecule has 1 aliphatic rings. The lowest BCUT2D eigenvalue weighted by molar-refractivity contribution is -0.149. The number of carbonyl (C=O) groups is 3. The van der Waals surface area contributed by atoms with Gasteiger partial charge in [-0.2, -0.15) is 13.2 Å². The van der Waals surface area contributed by atoms with E-state index in [1.165, 1.54) is 35.2 Å². The van der Waals surface area contributed by atoms with Crippen molar-refractivity contribution in [1.29, 1.82) is 0 Å². The van der Waals surface area contributed by atoms with Crippen LogP contribution in [0.25, 0.3) is 0 Å². The minimum Gasteiger partial charge on any atom is -0.481 e. The van der Waals surface area contributed by atoms with E-state index in [0.717, 1.165) is 43.4 Å².